The van der Waals surface area contributed by atoms with Gasteiger partial charge >= 0.3 is 0 Å². The van der Waals surface area contributed by atoms with E-state index in [1.165, 1.54) is 10.5 Å². The van der Waals surface area contributed by atoms with Crippen LogP contribution in [0.5, 0.6) is 0 Å². The Bertz CT molecular complexity index is 488. The van der Waals surface area contributed by atoms with Crippen LogP contribution in [-0.4, -0.2) is 16.0 Å². The summed E-state index contributed by atoms with van der Waals surface area (Å²) in [7, 11) is 0. The van der Waals surface area contributed by atoms with E-state index in [-0.39, 0.29) is 0 Å². The minimum Gasteiger partial charge on any atom is -0.325 e. The zero-order valence-corrected chi connectivity index (χ0v) is 11.0. The predicted molar refractivity (Wildman–Crippen MR) is 73.1 cm³/mol. The molecule has 0 aliphatic rings. The Morgan fingerprint density at radius 1 is 1.29 bits per heavy atom. The van der Waals surface area contributed by atoms with Gasteiger partial charge in [-0.1, -0.05) is 19.1 Å². The van der Waals surface area contributed by atoms with Gasteiger partial charge in [-0.15, -0.1) is 11.8 Å². The molecule has 0 aliphatic carbocycles. The fraction of sp³-hybridized carbons (Fsp3) is 0.308. The summed E-state index contributed by atoms with van der Waals surface area (Å²) in [5.41, 5.74) is 10.0. The van der Waals surface area contributed by atoms with E-state index in [4.69, 9.17) is 5.73 Å². The molecular formula is C13H17N3S. The Morgan fingerprint density at radius 3 is 2.59 bits per heavy atom. The van der Waals surface area contributed by atoms with Crippen molar-refractivity contribution in [2.75, 3.05) is 5.75 Å². The standard InChI is InChI=1S/C13H17N3S/c1-3-17-11-6-4-10(5-7-11)13-9(2)15-16-12(13)8-14/h4-7H,3,8,14H2,1-2H3,(H,15,16). The van der Waals surface area contributed by atoms with E-state index in [2.05, 4.69) is 41.4 Å². The summed E-state index contributed by atoms with van der Waals surface area (Å²) in [4.78, 5) is 1.30. The maximum absolute atomic E-state index is 5.69. The average Bonchev–Trinajstić information content (AvgIpc) is 2.72. The first-order chi connectivity index (χ1) is 8.26. The van der Waals surface area contributed by atoms with Crippen molar-refractivity contribution in [1.29, 1.82) is 0 Å². The van der Waals surface area contributed by atoms with Crippen LogP contribution in [0.4, 0.5) is 0 Å². The SMILES string of the molecule is CCSc1ccc(-c2c(CN)n[nH]c2C)cc1. The molecule has 0 saturated carbocycles. The lowest BCUT2D eigenvalue weighted by atomic mass is 10.0. The van der Waals surface area contributed by atoms with Crippen LogP contribution < -0.4 is 5.73 Å². The third-order valence-corrected chi connectivity index (χ3v) is 3.56. The van der Waals surface area contributed by atoms with Crippen LogP contribution in [0.2, 0.25) is 0 Å². The number of rotatable bonds is 4. The molecule has 0 aliphatic heterocycles. The van der Waals surface area contributed by atoms with Crippen molar-refractivity contribution in [3.63, 3.8) is 0 Å². The quantitative estimate of drug-likeness (QED) is 0.817. The van der Waals surface area contributed by atoms with Crippen LogP contribution in [0, 0.1) is 6.92 Å². The number of hydrogen-bond acceptors (Lipinski definition) is 3. The van der Waals surface area contributed by atoms with Crippen LogP contribution in [0.25, 0.3) is 11.1 Å². The predicted octanol–water partition coefficient (Wildman–Crippen LogP) is 2.96. The number of aromatic nitrogens is 2. The molecule has 4 heteroatoms. The molecule has 0 radical (unpaired) electrons. The maximum Gasteiger partial charge on any atom is 0.0838 e. The van der Waals surface area contributed by atoms with E-state index in [9.17, 15) is 0 Å². The Labute approximate surface area is 106 Å². The van der Waals surface area contributed by atoms with Crippen molar-refractivity contribution < 1.29 is 0 Å². The zero-order valence-electron chi connectivity index (χ0n) is 10.2. The highest BCUT2D eigenvalue weighted by atomic mass is 32.2. The molecule has 0 amide bonds. The van der Waals surface area contributed by atoms with E-state index in [0.29, 0.717) is 6.54 Å². The molecule has 2 aromatic rings. The van der Waals surface area contributed by atoms with Crippen LogP contribution >= 0.6 is 11.8 Å². The van der Waals surface area contributed by atoms with E-state index >= 15 is 0 Å². The van der Waals surface area contributed by atoms with Gasteiger partial charge in [-0.2, -0.15) is 5.10 Å². The van der Waals surface area contributed by atoms with Crippen molar-refractivity contribution in [2.24, 2.45) is 5.73 Å². The largest absolute Gasteiger partial charge is 0.325 e. The van der Waals surface area contributed by atoms with Crippen molar-refractivity contribution in [1.82, 2.24) is 10.2 Å². The number of hydrogen-bond donors (Lipinski definition) is 2. The lowest BCUT2D eigenvalue weighted by Gasteiger charge is -2.04. The third-order valence-electron chi connectivity index (χ3n) is 2.67. The smallest absolute Gasteiger partial charge is 0.0838 e. The number of thioether (sulfide) groups is 1. The molecular weight excluding hydrogens is 230 g/mol. The first-order valence-corrected chi connectivity index (χ1v) is 6.72. The van der Waals surface area contributed by atoms with Gasteiger partial charge < -0.3 is 5.73 Å². The number of H-pyrrole nitrogens is 1. The van der Waals surface area contributed by atoms with Gasteiger partial charge in [-0.3, -0.25) is 5.10 Å². The number of nitrogens with two attached hydrogens (primary N) is 1. The van der Waals surface area contributed by atoms with Crippen LogP contribution in [0.3, 0.4) is 0 Å². The fourth-order valence-electron chi connectivity index (χ4n) is 1.89. The van der Waals surface area contributed by atoms with E-state index in [1.54, 1.807) is 0 Å². The highest BCUT2D eigenvalue weighted by Crippen LogP contribution is 2.27. The first-order valence-electron chi connectivity index (χ1n) is 5.73. The van der Waals surface area contributed by atoms with Gasteiger partial charge in [-0.05, 0) is 30.4 Å². The summed E-state index contributed by atoms with van der Waals surface area (Å²) in [5, 5.41) is 7.21. The molecule has 1 heterocycles. The molecule has 3 N–H and O–H groups in total. The summed E-state index contributed by atoms with van der Waals surface area (Å²) in [5.74, 6) is 1.10. The van der Waals surface area contributed by atoms with E-state index < -0.39 is 0 Å². The molecule has 0 saturated heterocycles. The molecule has 0 bridgehead atoms. The Morgan fingerprint density at radius 2 is 2.00 bits per heavy atom. The summed E-state index contributed by atoms with van der Waals surface area (Å²) in [6, 6.07) is 8.57. The second-order valence-corrected chi connectivity index (χ2v) is 5.17. The van der Waals surface area contributed by atoms with Crippen molar-refractivity contribution in [3.05, 3.63) is 35.7 Å². The Kier molecular flexibility index (Phi) is 3.86. The third kappa shape index (κ3) is 2.53. The number of nitrogens with one attached hydrogen (secondary N) is 1. The molecule has 90 valence electrons. The van der Waals surface area contributed by atoms with Gasteiger partial charge in [0.15, 0.2) is 0 Å². The summed E-state index contributed by atoms with van der Waals surface area (Å²) in [6.07, 6.45) is 0. The van der Waals surface area contributed by atoms with Gasteiger partial charge in [0.05, 0.1) is 5.69 Å². The summed E-state index contributed by atoms with van der Waals surface area (Å²) >= 11 is 1.85. The normalized spacial score (nSPS) is 10.8. The molecule has 3 nitrogen and oxygen atoms in total. The van der Waals surface area contributed by atoms with Gasteiger partial charge in [0, 0.05) is 22.7 Å². The highest BCUT2D eigenvalue weighted by Gasteiger charge is 2.10. The summed E-state index contributed by atoms with van der Waals surface area (Å²) < 4.78 is 0. The number of benzene rings is 1. The van der Waals surface area contributed by atoms with E-state index in [0.717, 1.165) is 22.7 Å². The number of aryl methyl sites for hydroxylation is 1. The van der Waals surface area contributed by atoms with Gasteiger partial charge in [0.1, 0.15) is 0 Å². The van der Waals surface area contributed by atoms with Gasteiger partial charge in [0.2, 0.25) is 0 Å². The maximum atomic E-state index is 5.69. The van der Waals surface area contributed by atoms with Crippen molar-refractivity contribution >= 4 is 11.8 Å². The number of aromatic amines is 1. The summed E-state index contributed by atoms with van der Waals surface area (Å²) in [6.45, 7) is 4.65. The minimum atomic E-state index is 0.463. The van der Waals surface area contributed by atoms with Crippen LogP contribution in [0.15, 0.2) is 29.2 Å². The second-order valence-electron chi connectivity index (χ2n) is 3.83. The first kappa shape index (κ1) is 12.2. The highest BCUT2D eigenvalue weighted by molar-refractivity contribution is 7.99. The molecule has 0 fully saturated rings. The topological polar surface area (TPSA) is 54.7 Å². The zero-order chi connectivity index (χ0) is 12.3. The monoisotopic (exact) mass is 247 g/mol. The molecule has 1 aromatic heterocycles. The molecule has 17 heavy (non-hydrogen) atoms. The average molecular weight is 247 g/mol. The molecule has 0 unspecified atom stereocenters. The van der Waals surface area contributed by atoms with Gasteiger partial charge in [0.25, 0.3) is 0 Å². The van der Waals surface area contributed by atoms with Gasteiger partial charge in [-0.25, -0.2) is 0 Å². The molecule has 1 aromatic carbocycles. The van der Waals surface area contributed by atoms with Crippen molar-refractivity contribution in [3.8, 4) is 11.1 Å². The van der Waals surface area contributed by atoms with Crippen LogP contribution in [-0.2, 0) is 6.54 Å². The number of nitrogens with zero attached hydrogens (tertiary/aromatic N) is 1. The second kappa shape index (κ2) is 5.38. The Hall–Kier alpha value is -1.26. The minimum absolute atomic E-state index is 0.463. The molecule has 0 atom stereocenters. The molecule has 2 rings (SSSR count). The fourth-order valence-corrected chi connectivity index (χ4v) is 2.56. The lowest BCUT2D eigenvalue weighted by molar-refractivity contribution is 0.940. The van der Waals surface area contributed by atoms with Crippen LogP contribution in [0.1, 0.15) is 18.3 Å². The molecule has 0 spiro atoms. The van der Waals surface area contributed by atoms with Crippen molar-refractivity contribution in [2.45, 2.75) is 25.3 Å². The Balaban J connectivity index is 2.36. The van der Waals surface area contributed by atoms with E-state index in [1.807, 2.05) is 18.7 Å². The lowest BCUT2D eigenvalue weighted by Crippen LogP contribution is -1.98.